The van der Waals surface area contributed by atoms with Crippen molar-refractivity contribution < 1.29 is 19.7 Å². The van der Waals surface area contributed by atoms with Gasteiger partial charge in [0.25, 0.3) is 0 Å². The summed E-state index contributed by atoms with van der Waals surface area (Å²) in [5, 5.41) is 20.3. The molecule has 2 aliphatic rings. The number of nitrogens with zero attached hydrogens (tertiary/aromatic N) is 1. The molecule has 0 radical (unpaired) electrons. The van der Waals surface area contributed by atoms with Crippen molar-refractivity contribution in [1.82, 2.24) is 4.98 Å². The van der Waals surface area contributed by atoms with E-state index in [2.05, 4.69) is 4.98 Å². The molecule has 3 rings (SSSR count). The molecule has 1 heterocycles. The molecule has 0 saturated heterocycles. The topological polar surface area (TPSA) is 106 Å². The zero-order valence-electron chi connectivity index (χ0n) is 15.0. The second kappa shape index (κ2) is 8.59. The van der Waals surface area contributed by atoms with Crippen LogP contribution in [0.15, 0.2) is 18.3 Å². The Kier molecular flexibility index (Phi) is 6.42. The molecule has 0 aliphatic heterocycles. The van der Waals surface area contributed by atoms with Gasteiger partial charge in [0.05, 0.1) is 12.6 Å². The van der Waals surface area contributed by atoms with Crippen LogP contribution in [0, 0.1) is 11.8 Å². The average Bonchev–Trinajstić information content (AvgIpc) is 3.50. The van der Waals surface area contributed by atoms with E-state index in [4.69, 9.17) is 10.5 Å². The van der Waals surface area contributed by atoms with Gasteiger partial charge in [0.15, 0.2) is 5.60 Å². The molecule has 2 atom stereocenters. The van der Waals surface area contributed by atoms with E-state index in [1.807, 2.05) is 0 Å². The number of hydrogen-bond donors (Lipinski definition) is 3. The van der Waals surface area contributed by atoms with Crippen LogP contribution in [0.25, 0.3) is 0 Å². The molecule has 2 saturated carbocycles. The smallest absolute Gasteiger partial charge is 0.337 e. The van der Waals surface area contributed by atoms with E-state index in [1.54, 1.807) is 30.1 Å². The summed E-state index contributed by atoms with van der Waals surface area (Å²) < 4.78 is 5.73. The third-order valence-corrected chi connectivity index (χ3v) is 6.36. The van der Waals surface area contributed by atoms with Crippen LogP contribution in [0.5, 0.6) is 5.75 Å². The first-order valence-electron chi connectivity index (χ1n) is 9.34. The van der Waals surface area contributed by atoms with E-state index in [1.165, 1.54) is 25.7 Å². The van der Waals surface area contributed by atoms with Gasteiger partial charge in [-0.1, -0.05) is 12.8 Å². The Hall–Kier alpha value is -1.31. The van der Waals surface area contributed by atoms with Crippen molar-refractivity contribution in [1.29, 1.82) is 0 Å². The highest BCUT2D eigenvalue weighted by Crippen LogP contribution is 2.33. The third-order valence-electron chi connectivity index (χ3n) is 5.06. The lowest BCUT2D eigenvalue weighted by Crippen LogP contribution is -2.57. The van der Waals surface area contributed by atoms with Crippen molar-refractivity contribution in [2.45, 2.75) is 50.2 Å². The number of thioether (sulfide) groups is 1. The largest absolute Gasteiger partial charge is 0.493 e. The van der Waals surface area contributed by atoms with Crippen LogP contribution < -0.4 is 10.5 Å². The second-order valence-corrected chi connectivity index (χ2v) is 8.63. The van der Waals surface area contributed by atoms with Crippen LogP contribution in [0.2, 0.25) is 0 Å². The lowest BCUT2D eigenvalue weighted by molar-refractivity contribution is -0.160. The predicted octanol–water partition coefficient (Wildman–Crippen LogP) is 2.09. The lowest BCUT2D eigenvalue weighted by atomic mass is 9.90. The Balaban J connectivity index is 1.57. The van der Waals surface area contributed by atoms with Gasteiger partial charge in [0, 0.05) is 30.1 Å². The molecule has 2 fully saturated rings. The van der Waals surface area contributed by atoms with Gasteiger partial charge in [-0.15, -0.1) is 0 Å². The lowest BCUT2D eigenvalue weighted by Gasteiger charge is -2.29. The first-order valence-corrected chi connectivity index (χ1v) is 10.5. The summed E-state index contributed by atoms with van der Waals surface area (Å²) in [5.41, 5.74) is 4.50. The van der Waals surface area contributed by atoms with Crippen LogP contribution in [0.3, 0.4) is 0 Å². The minimum Gasteiger partial charge on any atom is -0.493 e. The molecular weight excluding hydrogens is 352 g/mol. The molecule has 7 heteroatoms. The zero-order chi connectivity index (χ0) is 18.6. The fourth-order valence-corrected chi connectivity index (χ4v) is 4.15. The second-order valence-electron chi connectivity index (χ2n) is 7.56. The Morgan fingerprint density at radius 3 is 2.77 bits per heavy atom. The van der Waals surface area contributed by atoms with Gasteiger partial charge in [-0.25, -0.2) is 4.79 Å². The minimum atomic E-state index is -2.03. The number of nitrogens with two attached hydrogens (primary N) is 1. The minimum absolute atomic E-state index is 0.132. The zero-order valence-corrected chi connectivity index (χ0v) is 15.8. The molecule has 2 aliphatic carbocycles. The highest BCUT2D eigenvalue weighted by atomic mass is 32.2. The van der Waals surface area contributed by atoms with Crippen molar-refractivity contribution in [3.05, 3.63) is 24.0 Å². The van der Waals surface area contributed by atoms with E-state index in [0.717, 1.165) is 24.0 Å². The molecular formula is C19H28N2O4S. The number of pyridine rings is 1. The van der Waals surface area contributed by atoms with Gasteiger partial charge in [-0.05, 0) is 42.9 Å². The maximum atomic E-state index is 11.7. The summed E-state index contributed by atoms with van der Waals surface area (Å²) in [5.74, 6) is 2.26. The van der Waals surface area contributed by atoms with Crippen molar-refractivity contribution >= 4 is 17.7 Å². The standard InChI is InChI=1S/C19H28N2O4S/c20-17(12-26-11-14-3-4-14)19(24,18(22)23)10-15-9-16(5-7-21-15)25-8-6-13-1-2-13/h5,7,9,13-14,17,24H,1-4,6,8,10-12,20H2,(H,22,23). The monoisotopic (exact) mass is 380 g/mol. The highest BCUT2D eigenvalue weighted by molar-refractivity contribution is 7.99. The fourth-order valence-electron chi connectivity index (χ4n) is 2.82. The molecule has 4 N–H and O–H groups in total. The molecule has 0 amide bonds. The van der Waals surface area contributed by atoms with E-state index in [0.29, 0.717) is 23.8 Å². The van der Waals surface area contributed by atoms with E-state index >= 15 is 0 Å². The maximum Gasteiger partial charge on any atom is 0.337 e. The fraction of sp³-hybridized carbons (Fsp3) is 0.684. The molecule has 144 valence electrons. The summed E-state index contributed by atoms with van der Waals surface area (Å²) in [7, 11) is 0. The van der Waals surface area contributed by atoms with Crippen molar-refractivity contribution in [3.8, 4) is 5.75 Å². The molecule has 26 heavy (non-hydrogen) atoms. The molecule has 0 aromatic carbocycles. The summed E-state index contributed by atoms with van der Waals surface area (Å²) in [6.45, 7) is 0.647. The van der Waals surface area contributed by atoms with Gasteiger partial charge in [-0.2, -0.15) is 11.8 Å². The number of aromatic nitrogens is 1. The number of aliphatic hydroxyl groups is 1. The quantitative estimate of drug-likeness (QED) is 0.510. The Labute approximate surface area is 158 Å². The SMILES string of the molecule is NC(CSCC1CC1)C(O)(Cc1cc(OCCC2CC2)ccn1)C(=O)O. The van der Waals surface area contributed by atoms with Crippen LogP contribution in [0.1, 0.15) is 37.8 Å². The Bertz CT molecular complexity index is 621. The number of carboxylic acids is 1. The number of carbonyl (C=O) groups is 1. The molecule has 0 bridgehead atoms. The molecule has 2 unspecified atom stereocenters. The summed E-state index contributed by atoms with van der Waals surface area (Å²) in [6, 6.07) is 2.59. The van der Waals surface area contributed by atoms with Crippen molar-refractivity contribution in [2.24, 2.45) is 17.6 Å². The molecule has 1 aromatic heterocycles. The van der Waals surface area contributed by atoms with Crippen molar-refractivity contribution in [3.63, 3.8) is 0 Å². The summed E-state index contributed by atoms with van der Waals surface area (Å²) in [4.78, 5) is 15.9. The number of hydrogen-bond acceptors (Lipinski definition) is 6. The Morgan fingerprint density at radius 1 is 1.38 bits per heavy atom. The maximum absolute atomic E-state index is 11.7. The first-order chi connectivity index (χ1) is 12.5. The molecule has 0 spiro atoms. The average molecular weight is 381 g/mol. The number of rotatable bonds is 12. The van der Waals surface area contributed by atoms with Crippen LogP contribution in [-0.2, 0) is 11.2 Å². The van der Waals surface area contributed by atoms with Crippen LogP contribution >= 0.6 is 11.8 Å². The molecule has 1 aromatic rings. The Morgan fingerprint density at radius 2 is 2.12 bits per heavy atom. The van der Waals surface area contributed by atoms with Gasteiger partial charge < -0.3 is 20.7 Å². The van der Waals surface area contributed by atoms with Gasteiger partial charge in [0.2, 0.25) is 0 Å². The van der Waals surface area contributed by atoms with E-state index in [9.17, 15) is 15.0 Å². The summed E-state index contributed by atoms with van der Waals surface area (Å²) >= 11 is 1.62. The first kappa shape index (κ1) is 19.5. The third kappa shape index (κ3) is 5.59. The van der Waals surface area contributed by atoms with Gasteiger partial charge in [-0.3, -0.25) is 4.98 Å². The van der Waals surface area contributed by atoms with Crippen LogP contribution in [0.4, 0.5) is 0 Å². The van der Waals surface area contributed by atoms with Crippen LogP contribution in [-0.4, -0.2) is 50.9 Å². The predicted molar refractivity (Wildman–Crippen MR) is 101 cm³/mol. The summed E-state index contributed by atoms with van der Waals surface area (Å²) in [6.07, 6.45) is 7.54. The highest BCUT2D eigenvalue weighted by Gasteiger charge is 2.43. The van der Waals surface area contributed by atoms with Gasteiger partial charge >= 0.3 is 5.97 Å². The van der Waals surface area contributed by atoms with E-state index < -0.39 is 17.6 Å². The normalized spacial score (nSPS) is 20.4. The van der Waals surface area contributed by atoms with Crippen molar-refractivity contribution in [2.75, 3.05) is 18.1 Å². The van der Waals surface area contributed by atoms with E-state index in [-0.39, 0.29) is 6.42 Å². The number of ether oxygens (including phenoxy) is 1. The number of aliphatic carboxylic acids is 1. The van der Waals surface area contributed by atoms with Gasteiger partial charge in [0.1, 0.15) is 5.75 Å². The number of carboxylic acid groups (broad SMARTS) is 1. The molecule has 6 nitrogen and oxygen atoms in total.